The van der Waals surface area contributed by atoms with Gasteiger partial charge >= 0.3 is 0 Å². The lowest BCUT2D eigenvalue weighted by molar-refractivity contribution is 1.20. The Morgan fingerprint density at radius 2 is 0.905 bits per heavy atom. The first-order valence-electron chi connectivity index (χ1n) is 7.06. The summed E-state index contributed by atoms with van der Waals surface area (Å²) < 4.78 is 2.08. The van der Waals surface area contributed by atoms with Gasteiger partial charge in [0.05, 0.1) is 0 Å². The molecule has 0 unspecified atom stereocenters. The van der Waals surface area contributed by atoms with Crippen LogP contribution in [0.3, 0.4) is 0 Å². The molecule has 4 rings (SSSR count). The van der Waals surface area contributed by atoms with Crippen LogP contribution in [0.5, 0.6) is 0 Å². The van der Waals surface area contributed by atoms with Gasteiger partial charge in [-0.25, -0.2) is 0 Å². The molecule has 2 aromatic carbocycles. The Morgan fingerprint density at radius 1 is 0.429 bits per heavy atom. The summed E-state index contributed by atoms with van der Waals surface area (Å²) in [5, 5.41) is 0. The number of pyridine rings is 1. The van der Waals surface area contributed by atoms with Crippen molar-refractivity contribution in [3.63, 3.8) is 0 Å². The van der Waals surface area contributed by atoms with E-state index < -0.39 is 0 Å². The molecule has 21 heavy (non-hydrogen) atoms. The third kappa shape index (κ3) is 3.40. The van der Waals surface area contributed by atoms with E-state index in [0.717, 1.165) is 0 Å². The molecule has 0 radical (unpaired) electrons. The molecule has 0 fully saturated rings. The highest BCUT2D eigenvalue weighted by Crippen LogP contribution is 2.17. The van der Waals surface area contributed by atoms with Crippen LogP contribution in [-0.4, -0.2) is 4.40 Å². The summed E-state index contributed by atoms with van der Waals surface area (Å²) in [5.74, 6) is 0. The first kappa shape index (κ1) is 13.2. The van der Waals surface area contributed by atoms with Crippen molar-refractivity contribution in [3.8, 4) is 11.1 Å². The molecule has 1 nitrogen and oxygen atoms in total. The zero-order valence-electron chi connectivity index (χ0n) is 11.8. The fraction of sp³-hybridized carbons (Fsp3) is 0. The lowest BCUT2D eigenvalue weighted by Crippen LogP contribution is -1.75. The quantitative estimate of drug-likeness (QED) is 0.443. The topological polar surface area (TPSA) is 4.41 Å². The fourth-order valence-corrected chi connectivity index (χ4v) is 2.24. The lowest BCUT2D eigenvalue weighted by Gasteiger charge is -1.98. The summed E-state index contributed by atoms with van der Waals surface area (Å²) in [6, 6.07) is 31.0. The van der Waals surface area contributed by atoms with Crippen LogP contribution in [0.2, 0.25) is 0 Å². The molecule has 0 N–H and O–H groups in total. The van der Waals surface area contributed by atoms with Gasteiger partial charge in [0.15, 0.2) is 0 Å². The average Bonchev–Trinajstić information content (AvgIpc) is 3.06. The van der Waals surface area contributed by atoms with E-state index in [4.69, 9.17) is 0 Å². The molecule has 0 aliphatic heterocycles. The maximum Gasteiger partial charge on any atom is 0.0449 e. The normalized spacial score (nSPS) is 9.90. The molecule has 0 amide bonds. The minimum Gasteiger partial charge on any atom is -0.324 e. The Kier molecular flexibility index (Phi) is 4.13. The van der Waals surface area contributed by atoms with Gasteiger partial charge in [-0.1, -0.05) is 66.7 Å². The minimum absolute atomic E-state index is 1.25. The van der Waals surface area contributed by atoms with Crippen LogP contribution < -0.4 is 0 Å². The molecule has 4 aromatic rings. The van der Waals surface area contributed by atoms with Crippen LogP contribution in [0.25, 0.3) is 16.6 Å². The van der Waals surface area contributed by atoms with Crippen molar-refractivity contribution < 1.29 is 0 Å². The van der Waals surface area contributed by atoms with Crippen molar-refractivity contribution in [2.75, 3.05) is 0 Å². The van der Waals surface area contributed by atoms with Crippen molar-refractivity contribution in [2.45, 2.75) is 0 Å². The molecule has 0 aliphatic carbocycles. The van der Waals surface area contributed by atoms with Gasteiger partial charge in [-0.2, -0.15) is 0 Å². The monoisotopic (exact) mass is 271 g/mol. The number of benzene rings is 2. The lowest BCUT2D eigenvalue weighted by atomic mass is 10.1. The van der Waals surface area contributed by atoms with E-state index >= 15 is 0 Å². The molecule has 2 heterocycles. The molecule has 102 valence electrons. The van der Waals surface area contributed by atoms with Gasteiger partial charge in [-0.15, -0.1) is 0 Å². The Bertz CT molecular complexity index is 718. The highest BCUT2D eigenvalue weighted by atomic mass is 14.8. The van der Waals surface area contributed by atoms with Gasteiger partial charge < -0.3 is 4.40 Å². The largest absolute Gasteiger partial charge is 0.324 e. The van der Waals surface area contributed by atoms with Crippen LogP contribution in [0, 0.1) is 0 Å². The second kappa shape index (κ2) is 6.58. The summed E-state index contributed by atoms with van der Waals surface area (Å²) >= 11 is 0. The van der Waals surface area contributed by atoms with Crippen LogP contribution >= 0.6 is 0 Å². The Balaban J connectivity index is 0.000000131. The molecule has 0 atom stereocenters. The van der Waals surface area contributed by atoms with E-state index in [1.807, 2.05) is 42.7 Å². The summed E-state index contributed by atoms with van der Waals surface area (Å²) in [7, 11) is 0. The van der Waals surface area contributed by atoms with Gasteiger partial charge in [0.2, 0.25) is 0 Å². The number of rotatable bonds is 1. The average molecular weight is 271 g/mol. The molecule has 1 heteroatoms. The van der Waals surface area contributed by atoms with E-state index in [2.05, 4.69) is 65.1 Å². The van der Waals surface area contributed by atoms with E-state index in [1.165, 1.54) is 16.6 Å². The standard InChI is InChI=1S/C12H10.C8H7N/c1-3-7-11(8-4-1)12-9-5-2-6-10-12;1-2-6-9-7-3-5-8(9)4-1/h1-10H;1-7H. The smallest absolute Gasteiger partial charge is 0.0449 e. The van der Waals surface area contributed by atoms with Crippen molar-refractivity contribution in [2.24, 2.45) is 0 Å². The predicted molar refractivity (Wildman–Crippen MR) is 89.3 cm³/mol. The zero-order valence-corrected chi connectivity index (χ0v) is 11.8. The minimum atomic E-state index is 1.25. The highest BCUT2D eigenvalue weighted by Gasteiger charge is 1.91. The van der Waals surface area contributed by atoms with Crippen LogP contribution in [0.1, 0.15) is 0 Å². The molecular formula is C20H17N. The highest BCUT2D eigenvalue weighted by molar-refractivity contribution is 5.62. The van der Waals surface area contributed by atoms with Gasteiger partial charge in [0.1, 0.15) is 0 Å². The summed E-state index contributed by atoms with van der Waals surface area (Å²) in [6.07, 6.45) is 4.07. The summed E-state index contributed by atoms with van der Waals surface area (Å²) in [5.41, 5.74) is 3.80. The van der Waals surface area contributed by atoms with Gasteiger partial charge in [0.25, 0.3) is 0 Å². The van der Waals surface area contributed by atoms with Crippen LogP contribution in [0.15, 0.2) is 103 Å². The third-order valence-electron chi connectivity index (χ3n) is 3.32. The molecule has 0 saturated heterocycles. The first-order valence-corrected chi connectivity index (χ1v) is 7.06. The second-order valence-corrected chi connectivity index (χ2v) is 4.77. The van der Waals surface area contributed by atoms with E-state index in [-0.39, 0.29) is 0 Å². The summed E-state index contributed by atoms with van der Waals surface area (Å²) in [6.45, 7) is 0. The molecule has 0 saturated carbocycles. The number of aromatic nitrogens is 1. The van der Waals surface area contributed by atoms with Crippen molar-refractivity contribution in [1.82, 2.24) is 4.40 Å². The Morgan fingerprint density at radius 3 is 1.48 bits per heavy atom. The Labute approximate surface area is 125 Å². The molecule has 0 bridgehead atoms. The van der Waals surface area contributed by atoms with E-state index in [1.54, 1.807) is 0 Å². The maximum atomic E-state index is 2.12. The van der Waals surface area contributed by atoms with Crippen molar-refractivity contribution in [1.29, 1.82) is 0 Å². The van der Waals surface area contributed by atoms with Gasteiger partial charge in [-0.05, 0) is 35.4 Å². The number of hydrogen-bond acceptors (Lipinski definition) is 0. The van der Waals surface area contributed by atoms with Crippen LogP contribution in [-0.2, 0) is 0 Å². The Hall–Kier alpha value is -2.80. The SMILES string of the molecule is c1ccc(-c2ccccc2)cc1.c1ccn2cccc2c1. The predicted octanol–water partition coefficient (Wildman–Crippen LogP) is 5.29. The second-order valence-electron chi connectivity index (χ2n) is 4.77. The molecule has 0 aliphatic rings. The van der Waals surface area contributed by atoms with Crippen LogP contribution in [0.4, 0.5) is 0 Å². The number of fused-ring (bicyclic) bond motifs is 1. The summed E-state index contributed by atoms with van der Waals surface area (Å²) in [4.78, 5) is 0. The number of nitrogens with zero attached hydrogens (tertiary/aromatic N) is 1. The van der Waals surface area contributed by atoms with Gasteiger partial charge in [-0.3, -0.25) is 0 Å². The molecule has 2 aromatic heterocycles. The number of hydrogen-bond donors (Lipinski definition) is 0. The van der Waals surface area contributed by atoms with Gasteiger partial charge in [0, 0.05) is 17.9 Å². The molecular weight excluding hydrogens is 254 g/mol. The van der Waals surface area contributed by atoms with E-state index in [0.29, 0.717) is 0 Å². The molecule has 0 spiro atoms. The fourth-order valence-electron chi connectivity index (χ4n) is 2.24. The third-order valence-corrected chi connectivity index (χ3v) is 3.32. The zero-order chi connectivity index (χ0) is 14.3. The van der Waals surface area contributed by atoms with Crippen molar-refractivity contribution in [3.05, 3.63) is 103 Å². The maximum absolute atomic E-state index is 2.12. The van der Waals surface area contributed by atoms with Crippen molar-refractivity contribution >= 4 is 5.52 Å². The first-order chi connectivity index (χ1) is 10.4. The van der Waals surface area contributed by atoms with E-state index in [9.17, 15) is 0 Å².